The third kappa shape index (κ3) is 3.99. The number of halogens is 1. The van der Waals surface area contributed by atoms with E-state index < -0.39 is 17.6 Å². The van der Waals surface area contributed by atoms with Gasteiger partial charge in [0.1, 0.15) is 17.3 Å². The van der Waals surface area contributed by atoms with Gasteiger partial charge in [-0.25, -0.2) is 9.29 Å². The Morgan fingerprint density at radius 2 is 1.69 bits per heavy atom. The smallest absolute Gasteiger partial charge is 0.282 e. The molecule has 0 aromatic heterocycles. The summed E-state index contributed by atoms with van der Waals surface area (Å²) in [6, 6.07) is 18.4. The molecule has 0 spiro atoms. The number of amides is 2. The quantitative estimate of drug-likeness (QED) is 0.544. The zero-order valence-corrected chi connectivity index (χ0v) is 18.1. The molecule has 0 fully saturated rings. The van der Waals surface area contributed by atoms with E-state index in [1.165, 1.54) is 17.0 Å². The fraction of sp³-hybridized carbons (Fsp3) is 0.154. The van der Waals surface area contributed by atoms with Crippen molar-refractivity contribution in [3.63, 3.8) is 0 Å². The van der Waals surface area contributed by atoms with Gasteiger partial charge < -0.3 is 10.1 Å². The van der Waals surface area contributed by atoms with Crippen molar-refractivity contribution < 1.29 is 18.7 Å². The molecular weight excluding hydrogens is 407 g/mol. The van der Waals surface area contributed by atoms with Crippen LogP contribution in [0.4, 0.5) is 15.8 Å². The van der Waals surface area contributed by atoms with E-state index in [0.717, 1.165) is 11.1 Å². The Labute approximate surface area is 186 Å². The van der Waals surface area contributed by atoms with Crippen molar-refractivity contribution in [1.29, 1.82) is 0 Å². The molecule has 1 heterocycles. The first-order valence-electron chi connectivity index (χ1n) is 10.3. The standard InChI is InChI=1S/C26H23FN2O3/c1-4-32-21-12-10-18(11-13-21)23-24(28-20-7-5-6-19(27)15-20)26(31)29(25(23)30)22-14-16(2)8-9-17(22)3/h5-15,28H,4H2,1-3H3. The summed E-state index contributed by atoms with van der Waals surface area (Å²) in [5, 5.41) is 2.98. The third-order valence-corrected chi connectivity index (χ3v) is 5.24. The van der Waals surface area contributed by atoms with Crippen LogP contribution < -0.4 is 15.0 Å². The van der Waals surface area contributed by atoms with E-state index in [0.29, 0.717) is 29.3 Å². The molecule has 0 radical (unpaired) electrons. The second kappa shape index (κ2) is 8.67. The number of ether oxygens (including phenoxy) is 1. The summed E-state index contributed by atoms with van der Waals surface area (Å²) in [4.78, 5) is 28.2. The molecule has 6 heteroatoms. The first kappa shape index (κ1) is 21.3. The minimum Gasteiger partial charge on any atom is -0.494 e. The molecule has 4 rings (SSSR count). The largest absolute Gasteiger partial charge is 0.494 e. The van der Waals surface area contributed by atoms with Crippen LogP contribution in [0.2, 0.25) is 0 Å². The Morgan fingerprint density at radius 1 is 0.938 bits per heavy atom. The van der Waals surface area contributed by atoms with Crippen LogP contribution in [0, 0.1) is 19.7 Å². The van der Waals surface area contributed by atoms with Crippen molar-refractivity contribution in [1.82, 2.24) is 0 Å². The topological polar surface area (TPSA) is 58.6 Å². The second-order valence-corrected chi connectivity index (χ2v) is 7.58. The first-order chi connectivity index (χ1) is 15.4. The molecule has 2 amide bonds. The van der Waals surface area contributed by atoms with Gasteiger partial charge in [-0.1, -0.05) is 30.3 Å². The van der Waals surface area contributed by atoms with Crippen LogP contribution in [0.25, 0.3) is 5.57 Å². The Kier molecular flexibility index (Phi) is 5.77. The minimum atomic E-state index is -0.489. The van der Waals surface area contributed by atoms with Gasteiger partial charge in [-0.05, 0) is 73.9 Å². The summed E-state index contributed by atoms with van der Waals surface area (Å²) < 4.78 is 19.2. The van der Waals surface area contributed by atoms with Crippen LogP contribution in [0.3, 0.4) is 0 Å². The van der Waals surface area contributed by atoms with Crippen molar-refractivity contribution >= 4 is 28.8 Å². The van der Waals surface area contributed by atoms with Gasteiger partial charge in [0.05, 0.1) is 17.9 Å². The molecule has 32 heavy (non-hydrogen) atoms. The molecule has 0 atom stereocenters. The predicted molar refractivity (Wildman–Crippen MR) is 123 cm³/mol. The van der Waals surface area contributed by atoms with Gasteiger partial charge in [0, 0.05) is 5.69 Å². The van der Waals surface area contributed by atoms with Gasteiger partial charge in [-0.3, -0.25) is 9.59 Å². The lowest BCUT2D eigenvalue weighted by Gasteiger charge is -2.18. The zero-order valence-electron chi connectivity index (χ0n) is 18.1. The fourth-order valence-corrected chi connectivity index (χ4v) is 3.69. The first-order valence-corrected chi connectivity index (χ1v) is 10.3. The minimum absolute atomic E-state index is 0.102. The maximum absolute atomic E-state index is 13.8. The van der Waals surface area contributed by atoms with Gasteiger partial charge in [-0.15, -0.1) is 0 Å². The van der Waals surface area contributed by atoms with E-state index in [1.807, 2.05) is 39.0 Å². The lowest BCUT2D eigenvalue weighted by Crippen LogP contribution is -2.33. The number of carbonyl (C=O) groups excluding carboxylic acids is 2. The highest BCUT2D eigenvalue weighted by Crippen LogP contribution is 2.36. The normalized spacial score (nSPS) is 13.7. The maximum Gasteiger partial charge on any atom is 0.282 e. The molecule has 0 aliphatic carbocycles. The van der Waals surface area contributed by atoms with Gasteiger partial charge in [0.15, 0.2) is 0 Å². The molecule has 1 N–H and O–H groups in total. The maximum atomic E-state index is 13.8. The molecule has 0 unspecified atom stereocenters. The van der Waals surface area contributed by atoms with E-state index in [4.69, 9.17) is 4.74 Å². The van der Waals surface area contributed by atoms with E-state index in [1.54, 1.807) is 36.4 Å². The number of carbonyl (C=O) groups is 2. The van der Waals surface area contributed by atoms with E-state index in [-0.39, 0.29) is 11.3 Å². The Bertz CT molecular complexity index is 1230. The Morgan fingerprint density at radius 3 is 2.38 bits per heavy atom. The van der Waals surface area contributed by atoms with E-state index in [9.17, 15) is 14.0 Å². The number of imide groups is 1. The van der Waals surface area contributed by atoms with Crippen LogP contribution in [-0.2, 0) is 9.59 Å². The fourth-order valence-electron chi connectivity index (χ4n) is 3.69. The van der Waals surface area contributed by atoms with Crippen LogP contribution >= 0.6 is 0 Å². The molecule has 1 aliphatic rings. The number of aryl methyl sites for hydroxylation is 2. The van der Waals surface area contributed by atoms with Crippen molar-refractivity contribution in [3.05, 3.63) is 94.9 Å². The molecule has 162 valence electrons. The second-order valence-electron chi connectivity index (χ2n) is 7.58. The SMILES string of the molecule is CCOc1ccc(C2=C(Nc3cccc(F)c3)C(=O)N(c3cc(C)ccc3C)C2=O)cc1. The van der Waals surface area contributed by atoms with Crippen molar-refractivity contribution in [2.24, 2.45) is 0 Å². The molecule has 3 aromatic carbocycles. The number of benzene rings is 3. The van der Waals surface area contributed by atoms with E-state index in [2.05, 4.69) is 5.32 Å². The molecule has 5 nitrogen and oxygen atoms in total. The number of nitrogens with zero attached hydrogens (tertiary/aromatic N) is 1. The molecule has 1 aliphatic heterocycles. The molecular formula is C26H23FN2O3. The number of nitrogens with one attached hydrogen (secondary N) is 1. The highest BCUT2D eigenvalue weighted by atomic mass is 19.1. The predicted octanol–water partition coefficient (Wildman–Crippen LogP) is 5.24. The molecule has 0 saturated heterocycles. The molecule has 3 aromatic rings. The summed E-state index contributed by atoms with van der Waals surface area (Å²) in [7, 11) is 0. The summed E-state index contributed by atoms with van der Waals surface area (Å²) in [5.41, 5.74) is 3.54. The van der Waals surface area contributed by atoms with Crippen LogP contribution in [0.15, 0.2) is 72.4 Å². The Balaban J connectivity index is 1.82. The van der Waals surface area contributed by atoms with E-state index >= 15 is 0 Å². The summed E-state index contributed by atoms with van der Waals surface area (Å²) in [6.07, 6.45) is 0. The lowest BCUT2D eigenvalue weighted by molar-refractivity contribution is -0.120. The van der Waals surface area contributed by atoms with Gasteiger partial charge in [-0.2, -0.15) is 0 Å². The average Bonchev–Trinajstić information content (AvgIpc) is 3.00. The van der Waals surface area contributed by atoms with Crippen LogP contribution in [0.1, 0.15) is 23.6 Å². The van der Waals surface area contributed by atoms with Crippen molar-refractivity contribution in [2.75, 3.05) is 16.8 Å². The lowest BCUT2D eigenvalue weighted by atomic mass is 10.0. The molecule has 0 saturated carbocycles. The highest BCUT2D eigenvalue weighted by Gasteiger charge is 2.40. The average molecular weight is 430 g/mol. The number of hydrogen-bond donors (Lipinski definition) is 1. The highest BCUT2D eigenvalue weighted by molar-refractivity contribution is 6.46. The third-order valence-electron chi connectivity index (χ3n) is 5.24. The Hall–Kier alpha value is -3.93. The summed E-state index contributed by atoms with van der Waals surface area (Å²) in [5.74, 6) is -0.704. The number of hydrogen-bond acceptors (Lipinski definition) is 4. The number of rotatable bonds is 6. The molecule has 0 bridgehead atoms. The van der Waals surface area contributed by atoms with Gasteiger partial charge >= 0.3 is 0 Å². The van der Waals surface area contributed by atoms with Crippen LogP contribution in [0.5, 0.6) is 5.75 Å². The summed E-state index contributed by atoms with van der Waals surface area (Å²) >= 11 is 0. The summed E-state index contributed by atoms with van der Waals surface area (Å²) in [6.45, 7) is 6.16. The monoisotopic (exact) mass is 430 g/mol. The zero-order chi connectivity index (χ0) is 22.8. The van der Waals surface area contributed by atoms with Gasteiger partial charge in [0.25, 0.3) is 11.8 Å². The van der Waals surface area contributed by atoms with Gasteiger partial charge in [0.2, 0.25) is 0 Å². The van der Waals surface area contributed by atoms with Crippen molar-refractivity contribution in [2.45, 2.75) is 20.8 Å². The van der Waals surface area contributed by atoms with Crippen molar-refractivity contribution in [3.8, 4) is 5.75 Å². The number of anilines is 2. The van der Waals surface area contributed by atoms with Crippen LogP contribution in [-0.4, -0.2) is 18.4 Å².